The molecule has 96 valence electrons. The van der Waals surface area contributed by atoms with Gasteiger partial charge in [-0.3, -0.25) is 10.1 Å². The minimum atomic E-state index is -1.09. The Kier molecular flexibility index (Phi) is 5.17. The van der Waals surface area contributed by atoms with Crippen LogP contribution in [0.5, 0.6) is 0 Å². The lowest BCUT2D eigenvalue weighted by atomic mass is 10.2. The lowest BCUT2D eigenvalue weighted by Gasteiger charge is -2.03. The number of hydrogen-bond donors (Lipinski definition) is 3. The van der Waals surface area contributed by atoms with Crippen LogP contribution in [-0.4, -0.2) is 29.2 Å². The summed E-state index contributed by atoms with van der Waals surface area (Å²) in [7, 11) is 0. The number of anilines is 1. The van der Waals surface area contributed by atoms with Gasteiger partial charge in [-0.1, -0.05) is 24.3 Å². The lowest BCUT2D eigenvalue weighted by Crippen LogP contribution is -2.20. The summed E-state index contributed by atoms with van der Waals surface area (Å²) in [5, 5.41) is 24.1. The third kappa shape index (κ3) is 4.52. The first-order valence-corrected chi connectivity index (χ1v) is 5.20. The molecule has 1 aromatic rings. The SMILES string of the molecule is O=C(O)NC/C=C/CNc1ccccc1[N+](=O)[O-]. The molecule has 0 aliphatic carbocycles. The highest BCUT2D eigenvalue weighted by molar-refractivity contribution is 5.64. The Balaban J connectivity index is 2.44. The van der Waals surface area contributed by atoms with Crippen LogP contribution >= 0.6 is 0 Å². The minimum Gasteiger partial charge on any atom is -0.465 e. The predicted octanol–water partition coefficient (Wildman–Crippen LogP) is 1.83. The van der Waals surface area contributed by atoms with E-state index >= 15 is 0 Å². The number of amides is 1. The van der Waals surface area contributed by atoms with Gasteiger partial charge in [-0.15, -0.1) is 0 Å². The highest BCUT2D eigenvalue weighted by Crippen LogP contribution is 2.22. The molecule has 0 saturated carbocycles. The summed E-state index contributed by atoms with van der Waals surface area (Å²) in [5.74, 6) is 0. The fourth-order valence-electron chi connectivity index (χ4n) is 1.26. The number of nitro benzene ring substituents is 1. The van der Waals surface area contributed by atoms with Crippen LogP contribution in [-0.2, 0) is 0 Å². The fourth-order valence-corrected chi connectivity index (χ4v) is 1.26. The molecule has 0 aliphatic rings. The monoisotopic (exact) mass is 251 g/mol. The molecule has 0 fully saturated rings. The van der Waals surface area contributed by atoms with Crippen molar-refractivity contribution >= 4 is 17.5 Å². The molecule has 1 amide bonds. The van der Waals surface area contributed by atoms with Crippen LogP contribution in [0.4, 0.5) is 16.2 Å². The molecule has 1 rings (SSSR count). The van der Waals surface area contributed by atoms with Crippen molar-refractivity contribution in [2.24, 2.45) is 0 Å². The van der Waals surface area contributed by atoms with E-state index in [0.29, 0.717) is 12.2 Å². The van der Waals surface area contributed by atoms with Gasteiger partial charge in [0, 0.05) is 19.2 Å². The van der Waals surface area contributed by atoms with Crippen molar-refractivity contribution < 1.29 is 14.8 Å². The summed E-state index contributed by atoms with van der Waals surface area (Å²) < 4.78 is 0. The van der Waals surface area contributed by atoms with Gasteiger partial charge in [0.05, 0.1) is 4.92 Å². The molecular weight excluding hydrogens is 238 g/mol. The highest BCUT2D eigenvalue weighted by atomic mass is 16.6. The van der Waals surface area contributed by atoms with Crippen molar-refractivity contribution in [3.8, 4) is 0 Å². The lowest BCUT2D eigenvalue weighted by molar-refractivity contribution is -0.383. The van der Waals surface area contributed by atoms with Crippen LogP contribution in [0.1, 0.15) is 0 Å². The molecule has 7 nitrogen and oxygen atoms in total. The molecule has 0 radical (unpaired) electrons. The Morgan fingerprint density at radius 3 is 2.67 bits per heavy atom. The van der Waals surface area contributed by atoms with E-state index in [9.17, 15) is 14.9 Å². The van der Waals surface area contributed by atoms with Crippen LogP contribution in [0.2, 0.25) is 0 Å². The van der Waals surface area contributed by atoms with Gasteiger partial charge in [0.15, 0.2) is 0 Å². The number of benzene rings is 1. The van der Waals surface area contributed by atoms with Gasteiger partial charge in [-0.2, -0.15) is 0 Å². The van der Waals surface area contributed by atoms with Crippen molar-refractivity contribution in [2.45, 2.75) is 0 Å². The van der Waals surface area contributed by atoms with Gasteiger partial charge in [0.2, 0.25) is 0 Å². The van der Waals surface area contributed by atoms with Gasteiger partial charge in [-0.25, -0.2) is 4.79 Å². The third-order valence-corrected chi connectivity index (χ3v) is 2.05. The Bertz CT molecular complexity index is 459. The molecule has 0 aromatic heterocycles. The molecule has 0 aliphatic heterocycles. The molecule has 7 heteroatoms. The van der Waals surface area contributed by atoms with E-state index in [2.05, 4.69) is 10.6 Å². The van der Waals surface area contributed by atoms with Gasteiger partial charge >= 0.3 is 6.09 Å². The van der Waals surface area contributed by atoms with E-state index in [-0.39, 0.29) is 12.2 Å². The smallest absolute Gasteiger partial charge is 0.404 e. The van der Waals surface area contributed by atoms with Crippen molar-refractivity contribution in [3.63, 3.8) is 0 Å². The van der Waals surface area contributed by atoms with Crippen LogP contribution in [0.15, 0.2) is 36.4 Å². The average Bonchev–Trinajstić information content (AvgIpc) is 2.33. The quantitative estimate of drug-likeness (QED) is 0.406. The number of carboxylic acid groups (broad SMARTS) is 1. The molecule has 0 bridgehead atoms. The molecule has 18 heavy (non-hydrogen) atoms. The van der Waals surface area contributed by atoms with Crippen LogP contribution in [0.3, 0.4) is 0 Å². The average molecular weight is 251 g/mol. The number of carbonyl (C=O) groups is 1. The number of nitro groups is 1. The van der Waals surface area contributed by atoms with Crippen molar-refractivity contribution in [1.29, 1.82) is 0 Å². The Morgan fingerprint density at radius 2 is 2.00 bits per heavy atom. The van der Waals surface area contributed by atoms with Crippen molar-refractivity contribution in [3.05, 3.63) is 46.5 Å². The summed E-state index contributed by atoms with van der Waals surface area (Å²) in [6.45, 7) is 0.583. The molecule has 0 unspecified atom stereocenters. The Labute approximate surface area is 103 Å². The number of rotatable bonds is 6. The molecule has 3 N–H and O–H groups in total. The third-order valence-electron chi connectivity index (χ3n) is 2.05. The molecule has 0 saturated heterocycles. The van der Waals surface area contributed by atoms with Gasteiger partial charge in [-0.05, 0) is 6.07 Å². The first-order chi connectivity index (χ1) is 8.61. The maximum Gasteiger partial charge on any atom is 0.404 e. The zero-order valence-corrected chi connectivity index (χ0v) is 9.50. The number of nitrogens with one attached hydrogen (secondary N) is 2. The predicted molar refractivity (Wildman–Crippen MR) is 66.8 cm³/mol. The first kappa shape index (κ1) is 13.5. The Morgan fingerprint density at radius 1 is 1.33 bits per heavy atom. The number of hydrogen-bond acceptors (Lipinski definition) is 4. The second-order valence-electron chi connectivity index (χ2n) is 3.31. The maximum absolute atomic E-state index is 10.7. The molecule has 1 aromatic carbocycles. The van der Waals surface area contributed by atoms with Crippen LogP contribution in [0.25, 0.3) is 0 Å². The summed E-state index contributed by atoms with van der Waals surface area (Å²) in [5.41, 5.74) is 0.438. The number of nitrogens with zero attached hydrogens (tertiary/aromatic N) is 1. The van der Waals surface area contributed by atoms with E-state index in [1.54, 1.807) is 30.4 Å². The molecular formula is C11H13N3O4. The van der Waals surface area contributed by atoms with Gasteiger partial charge in [0.25, 0.3) is 5.69 Å². The normalized spacial score (nSPS) is 10.2. The van der Waals surface area contributed by atoms with Crippen LogP contribution < -0.4 is 10.6 Å². The number of para-hydroxylation sites is 2. The standard InChI is InChI=1S/C11H13N3O4/c15-11(16)13-8-4-3-7-12-9-5-1-2-6-10(9)14(17)18/h1-6,12-13H,7-8H2,(H,15,16)/b4-3+. The fraction of sp³-hybridized carbons (Fsp3) is 0.182. The Hall–Kier alpha value is -2.57. The summed E-state index contributed by atoms with van der Waals surface area (Å²) in [6.07, 6.45) is 2.22. The highest BCUT2D eigenvalue weighted by Gasteiger charge is 2.10. The van der Waals surface area contributed by atoms with E-state index in [0.717, 1.165) is 0 Å². The van der Waals surface area contributed by atoms with Crippen molar-refractivity contribution in [2.75, 3.05) is 18.4 Å². The largest absolute Gasteiger partial charge is 0.465 e. The van der Waals surface area contributed by atoms with Gasteiger partial charge < -0.3 is 15.7 Å². The van der Waals surface area contributed by atoms with Gasteiger partial charge in [0.1, 0.15) is 5.69 Å². The van der Waals surface area contributed by atoms with Crippen LogP contribution in [0, 0.1) is 10.1 Å². The van der Waals surface area contributed by atoms with E-state index in [1.807, 2.05) is 0 Å². The summed E-state index contributed by atoms with van der Waals surface area (Å²) in [6, 6.07) is 6.32. The maximum atomic E-state index is 10.7. The topological polar surface area (TPSA) is 104 Å². The van der Waals surface area contributed by atoms with E-state index in [4.69, 9.17) is 5.11 Å². The molecule has 0 spiro atoms. The second kappa shape index (κ2) is 6.89. The molecule has 0 atom stereocenters. The molecule has 0 heterocycles. The van der Waals surface area contributed by atoms with Crippen molar-refractivity contribution in [1.82, 2.24) is 5.32 Å². The summed E-state index contributed by atoms with van der Waals surface area (Å²) >= 11 is 0. The minimum absolute atomic E-state index is 0.00885. The van der Waals surface area contributed by atoms with E-state index < -0.39 is 11.0 Å². The summed E-state index contributed by atoms with van der Waals surface area (Å²) in [4.78, 5) is 20.4. The zero-order chi connectivity index (χ0) is 13.4. The first-order valence-electron chi connectivity index (χ1n) is 5.20. The zero-order valence-electron chi connectivity index (χ0n) is 9.50. The van der Waals surface area contributed by atoms with E-state index in [1.165, 1.54) is 6.07 Å². The second-order valence-corrected chi connectivity index (χ2v) is 3.31.